The van der Waals surface area contributed by atoms with Crippen molar-refractivity contribution in [1.29, 1.82) is 5.26 Å². The van der Waals surface area contributed by atoms with E-state index in [2.05, 4.69) is 21.2 Å². The van der Waals surface area contributed by atoms with Crippen LogP contribution in [-0.4, -0.2) is 0 Å². The second-order valence-electron chi connectivity index (χ2n) is 4.43. The normalized spacial score (nSPS) is 11.8. The van der Waals surface area contributed by atoms with Gasteiger partial charge in [-0.05, 0) is 52.7 Å². The summed E-state index contributed by atoms with van der Waals surface area (Å²) in [6, 6.07) is 9.93. The predicted molar refractivity (Wildman–Crippen MR) is 87.3 cm³/mol. The molecule has 0 aliphatic heterocycles. The van der Waals surface area contributed by atoms with E-state index in [4.69, 9.17) is 28.5 Å². The first-order valence-corrected chi connectivity index (χ1v) is 7.58. The van der Waals surface area contributed by atoms with Crippen molar-refractivity contribution in [2.45, 2.75) is 13.0 Å². The first-order chi connectivity index (χ1) is 9.93. The molecule has 0 saturated carbocycles. The molecule has 0 aliphatic carbocycles. The first kappa shape index (κ1) is 16.1. The number of nitrogens with one attached hydrogen (secondary N) is 1. The van der Waals surface area contributed by atoms with Crippen LogP contribution in [0.2, 0.25) is 10.0 Å². The number of anilines is 1. The Labute approximate surface area is 140 Å². The van der Waals surface area contributed by atoms with Crippen molar-refractivity contribution >= 4 is 44.8 Å². The molecule has 2 aromatic rings. The Balaban J connectivity index is 2.30. The maximum atomic E-state index is 14.2. The van der Waals surface area contributed by atoms with Crippen LogP contribution in [0, 0.1) is 17.1 Å². The van der Waals surface area contributed by atoms with E-state index in [-0.39, 0.29) is 16.1 Å². The minimum absolute atomic E-state index is 0.143. The zero-order chi connectivity index (χ0) is 15.6. The number of rotatable bonds is 3. The molecule has 1 atom stereocenters. The third-order valence-electron chi connectivity index (χ3n) is 3.00. The van der Waals surface area contributed by atoms with Gasteiger partial charge in [-0.3, -0.25) is 0 Å². The standard InChI is InChI=1S/C15H10BrCl2FN2/c1-8(11-4-3-10(17)6-12(11)18)21-13-5-2-9(7-20)14(16)15(13)19/h2-6,8,21H,1H3. The Morgan fingerprint density at radius 3 is 2.62 bits per heavy atom. The molecule has 1 unspecified atom stereocenters. The highest BCUT2D eigenvalue weighted by Gasteiger charge is 2.15. The molecule has 6 heteroatoms. The molecular formula is C15H10BrCl2FN2. The van der Waals surface area contributed by atoms with Crippen LogP contribution in [0.15, 0.2) is 34.8 Å². The number of nitriles is 1. The molecule has 0 bridgehead atoms. The SMILES string of the molecule is CC(Nc1ccc(C#N)c(Br)c1F)c1ccc(Cl)cc1Cl. The van der Waals surface area contributed by atoms with Gasteiger partial charge in [-0.2, -0.15) is 5.26 Å². The van der Waals surface area contributed by atoms with Crippen molar-refractivity contribution in [3.05, 3.63) is 61.8 Å². The lowest BCUT2D eigenvalue weighted by Crippen LogP contribution is -2.09. The molecule has 2 rings (SSSR count). The van der Waals surface area contributed by atoms with E-state index in [1.165, 1.54) is 6.07 Å². The van der Waals surface area contributed by atoms with Crippen LogP contribution in [-0.2, 0) is 0 Å². The Morgan fingerprint density at radius 2 is 2.00 bits per heavy atom. The summed E-state index contributed by atoms with van der Waals surface area (Å²) in [5, 5.41) is 13.0. The summed E-state index contributed by atoms with van der Waals surface area (Å²) in [4.78, 5) is 0. The van der Waals surface area contributed by atoms with E-state index in [1.54, 1.807) is 24.3 Å². The average Bonchev–Trinajstić information content (AvgIpc) is 2.44. The molecule has 108 valence electrons. The molecule has 0 spiro atoms. The molecule has 2 aromatic carbocycles. The van der Waals surface area contributed by atoms with Crippen LogP contribution in [0.1, 0.15) is 24.1 Å². The number of hydrogen-bond donors (Lipinski definition) is 1. The maximum Gasteiger partial charge on any atom is 0.161 e. The van der Waals surface area contributed by atoms with E-state index in [1.807, 2.05) is 13.0 Å². The second kappa shape index (κ2) is 6.65. The molecule has 0 fully saturated rings. The van der Waals surface area contributed by atoms with Crippen LogP contribution in [0.3, 0.4) is 0 Å². The van der Waals surface area contributed by atoms with Gasteiger partial charge < -0.3 is 5.32 Å². The molecule has 0 amide bonds. The van der Waals surface area contributed by atoms with Gasteiger partial charge in [0.15, 0.2) is 5.82 Å². The predicted octanol–water partition coefficient (Wildman–Crippen LogP) is 5.94. The summed E-state index contributed by atoms with van der Waals surface area (Å²) < 4.78 is 14.3. The zero-order valence-corrected chi connectivity index (χ0v) is 14.0. The van der Waals surface area contributed by atoms with Crippen LogP contribution in [0.5, 0.6) is 0 Å². The van der Waals surface area contributed by atoms with E-state index in [0.717, 1.165) is 5.56 Å². The minimum Gasteiger partial charge on any atom is -0.376 e. The Bertz CT molecular complexity index is 728. The van der Waals surface area contributed by atoms with E-state index in [0.29, 0.717) is 15.7 Å². The lowest BCUT2D eigenvalue weighted by atomic mass is 10.1. The largest absolute Gasteiger partial charge is 0.376 e. The molecule has 2 nitrogen and oxygen atoms in total. The topological polar surface area (TPSA) is 35.8 Å². The van der Waals surface area contributed by atoms with E-state index >= 15 is 0 Å². The van der Waals surface area contributed by atoms with Crippen molar-refractivity contribution < 1.29 is 4.39 Å². The van der Waals surface area contributed by atoms with Gasteiger partial charge in [0.1, 0.15) is 6.07 Å². The number of nitrogens with zero attached hydrogens (tertiary/aromatic N) is 1. The number of hydrogen-bond acceptors (Lipinski definition) is 2. The molecule has 0 aromatic heterocycles. The van der Waals surface area contributed by atoms with Crippen molar-refractivity contribution in [2.24, 2.45) is 0 Å². The fourth-order valence-electron chi connectivity index (χ4n) is 1.91. The van der Waals surface area contributed by atoms with Gasteiger partial charge in [0, 0.05) is 10.0 Å². The van der Waals surface area contributed by atoms with Crippen LogP contribution >= 0.6 is 39.1 Å². The van der Waals surface area contributed by atoms with Crippen LogP contribution < -0.4 is 5.32 Å². The average molecular weight is 388 g/mol. The van der Waals surface area contributed by atoms with Crippen molar-refractivity contribution in [3.63, 3.8) is 0 Å². The number of benzene rings is 2. The summed E-state index contributed by atoms with van der Waals surface area (Å²) in [5.41, 5.74) is 1.34. The van der Waals surface area contributed by atoms with E-state index < -0.39 is 5.82 Å². The fourth-order valence-corrected chi connectivity index (χ4v) is 2.92. The molecule has 0 aliphatic rings. The monoisotopic (exact) mass is 386 g/mol. The van der Waals surface area contributed by atoms with Gasteiger partial charge in [0.25, 0.3) is 0 Å². The Hall–Kier alpha value is -1.28. The minimum atomic E-state index is -0.508. The summed E-state index contributed by atoms with van der Waals surface area (Å²) in [6.07, 6.45) is 0. The molecule has 0 saturated heterocycles. The van der Waals surface area contributed by atoms with Crippen LogP contribution in [0.25, 0.3) is 0 Å². The van der Waals surface area contributed by atoms with Gasteiger partial charge >= 0.3 is 0 Å². The Kier molecular flexibility index (Phi) is 5.10. The lowest BCUT2D eigenvalue weighted by Gasteiger charge is -2.18. The smallest absolute Gasteiger partial charge is 0.161 e. The quantitative estimate of drug-likeness (QED) is 0.707. The zero-order valence-electron chi connectivity index (χ0n) is 10.9. The van der Waals surface area contributed by atoms with E-state index in [9.17, 15) is 4.39 Å². The Morgan fingerprint density at radius 1 is 1.29 bits per heavy atom. The second-order valence-corrected chi connectivity index (χ2v) is 6.07. The third-order valence-corrected chi connectivity index (χ3v) is 4.34. The molecule has 1 N–H and O–H groups in total. The maximum absolute atomic E-state index is 14.2. The first-order valence-electron chi connectivity index (χ1n) is 6.03. The van der Waals surface area contributed by atoms with Crippen molar-refractivity contribution in [2.75, 3.05) is 5.32 Å². The highest BCUT2D eigenvalue weighted by molar-refractivity contribution is 9.10. The summed E-state index contributed by atoms with van der Waals surface area (Å²) >= 11 is 15.1. The van der Waals surface area contributed by atoms with Crippen LogP contribution in [0.4, 0.5) is 10.1 Å². The van der Waals surface area contributed by atoms with Crippen molar-refractivity contribution in [1.82, 2.24) is 0 Å². The van der Waals surface area contributed by atoms with Crippen molar-refractivity contribution in [3.8, 4) is 6.07 Å². The molecular weight excluding hydrogens is 378 g/mol. The third kappa shape index (κ3) is 3.49. The van der Waals surface area contributed by atoms with Gasteiger partial charge in [-0.25, -0.2) is 4.39 Å². The fraction of sp³-hybridized carbons (Fsp3) is 0.133. The molecule has 0 radical (unpaired) electrons. The highest BCUT2D eigenvalue weighted by Crippen LogP contribution is 2.32. The molecule has 0 heterocycles. The lowest BCUT2D eigenvalue weighted by molar-refractivity contribution is 0.620. The molecule has 21 heavy (non-hydrogen) atoms. The van der Waals surface area contributed by atoms with Gasteiger partial charge in [0.05, 0.1) is 21.8 Å². The van der Waals surface area contributed by atoms with Gasteiger partial charge in [0.2, 0.25) is 0 Å². The van der Waals surface area contributed by atoms with Gasteiger partial charge in [-0.15, -0.1) is 0 Å². The van der Waals surface area contributed by atoms with Gasteiger partial charge in [-0.1, -0.05) is 29.3 Å². The highest BCUT2D eigenvalue weighted by atomic mass is 79.9. The number of halogens is 4. The summed E-state index contributed by atoms with van der Waals surface area (Å²) in [6.45, 7) is 1.86. The summed E-state index contributed by atoms with van der Waals surface area (Å²) in [5.74, 6) is -0.508. The summed E-state index contributed by atoms with van der Waals surface area (Å²) in [7, 11) is 0.